The zero-order chi connectivity index (χ0) is 26.7. The summed E-state index contributed by atoms with van der Waals surface area (Å²) in [6.45, 7) is 6.02. The Balaban J connectivity index is 1.50. The maximum atomic E-state index is 13.5. The van der Waals surface area contributed by atoms with Crippen LogP contribution in [0.25, 0.3) is 11.1 Å². The molecule has 1 unspecified atom stereocenters. The summed E-state index contributed by atoms with van der Waals surface area (Å²) in [6, 6.07) is 13.5. The van der Waals surface area contributed by atoms with Crippen LogP contribution < -0.4 is 5.32 Å². The van der Waals surface area contributed by atoms with Crippen LogP contribution in [0.4, 0.5) is 0 Å². The first-order valence-electron chi connectivity index (χ1n) is 12.3. The van der Waals surface area contributed by atoms with Crippen molar-refractivity contribution in [2.75, 3.05) is 19.6 Å². The molecule has 2 amide bonds. The average Bonchev–Trinajstić information content (AvgIpc) is 3.33. The smallest absolute Gasteiger partial charge is 0.243 e. The molecule has 196 valence electrons. The van der Waals surface area contributed by atoms with Gasteiger partial charge in [0.2, 0.25) is 21.8 Å². The number of carbonyl (C=O) groups excluding carboxylic acids is 2. The standard InChI is InChI=1S/C27H33N5O4S/c1-19(2)22-9-11-25(12-10-22)37(35,36)32-14-13-31(20(3)33)18-26(32)27(34)28-15-21-5-7-23(8-6-21)24-16-29-30(4)17-24/h5-12,16-17,19,26H,13-15,18H2,1-4H3,(H,28,34). The van der Waals surface area contributed by atoms with Crippen LogP contribution in [0.1, 0.15) is 37.8 Å². The van der Waals surface area contributed by atoms with Gasteiger partial charge >= 0.3 is 0 Å². The molecule has 37 heavy (non-hydrogen) atoms. The monoisotopic (exact) mass is 523 g/mol. The third-order valence-electron chi connectivity index (χ3n) is 6.69. The van der Waals surface area contributed by atoms with Crippen molar-refractivity contribution >= 4 is 21.8 Å². The van der Waals surface area contributed by atoms with Crippen molar-refractivity contribution in [1.82, 2.24) is 24.3 Å². The number of nitrogens with zero attached hydrogens (tertiary/aromatic N) is 4. The van der Waals surface area contributed by atoms with Crippen LogP contribution in [0.3, 0.4) is 0 Å². The lowest BCUT2D eigenvalue weighted by molar-refractivity contribution is -0.134. The molecule has 1 atom stereocenters. The number of benzene rings is 2. The molecule has 9 nitrogen and oxygen atoms in total. The van der Waals surface area contributed by atoms with Crippen LogP contribution in [0.2, 0.25) is 0 Å². The summed E-state index contributed by atoms with van der Waals surface area (Å²) in [4.78, 5) is 27.0. The Morgan fingerprint density at radius 3 is 2.27 bits per heavy atom. The fourth-order valence-electron chi connectivity index (χ4n) is 4.41. The van der Waals surface area contributed by atoms with Crippen molar-refractivity contribution in [1.29, 1.82) is 0 Å². The number of carbonyl (C=O) groups is 2. The summed E-state index contributed by atoms with van der Waals surface area (Å²) in [7, 11) is -2.08. The molecule has 4 rings (SSSR count). The largest absolute Gasteiger partial charge is 0.351 e. The van der Waals surface area contributed by atoms with Gasteiger partial charge in [0.25, 0.3) is 0 Å². The van der Waals surface area contributed by atoms with Crippen molar-refractivity contribution in [2.24, 2.45) is 7.05 Å². The molecule has 1 aliphatic heterocycles. The van der Waals surface area contributed by atoms with Crippen LogP contribution in [0, 0.1) is 0 Å². The first-order valence-corrected chi connectivity index (χ1v) is 13.7. The van der Waals surface area contributed by atoms with E-state index < -0.39 is 22.0 Å². The average molecular weight is 524 g/mol. The lowest BCUT2D eigenvalue weighted by Gasteiger charge is -2.39. The fraction of sp³-hybridized carbons (Fsp3) is 0.370. The van der Waals surface area contributed by atoms with Crippen molar-refractivity contribution in [3.63, 3.8) is 0 Å². The van der Waals surface area contributed by atoms with E-state index >= 15 is 0 Å². The van der Waals surface area contributed by atoms with E-state index in [0.717, 1.165) is 22.3 Å². The molecule has 0 aliphatic carbocycles. The molecule has 0 saturated carbocycles. The van der Waals surface area contributed by atoms with Gasteiger partial charge in [-0.2, -0.15) is 9.40 Å². The van der Waals surface area contributed by atoms with Gasteiger partial charge in [0, 0.05) is 51.9 Å². The Morgan fingerprint density at radius 2 is 1.70 bits per heavy atom. The van der Waals surface area contributed by atoms with E-state index in [4.69, 9.17) is 0 Å². The number of sulfonamides is 1. The third-order valence-corrected chi connectivity index (χ3v) is 8.61. The summed E-state index contributed by atoms with van der Waals surface area (Å²) >= 11 is 0. The van der Waals surface area contributed by atoms with Gasteiger partial charge in [-0.1, -0.05) is 50.2 Å². The molecule has 0 spiro atoms. The maximum absolute atomic E-state index is 13.5. The number of hydrogen-bond donors (Lipinski definition) is 1. The second-order valence-corrected chi connectivity index (χ2v) is 11.5. The number of rotatable bonds is 7. The number of aryl methyl sites for hydroxylation is 1. The number of hydrogen-bond acceptors (Lipinski definition) is 5. The van der Waals surface area contributed by atoms with E-state index in [1.807, 2.05) is 51.4 Å². The SMILES string of the molecule is CC(=O)N1CCN(S(=O)(=O)c2ccc(C(C)C)cc2)C(C(=O)NCc2ccc(-c3cnn(C)c3)cc2)C1. The summed E-state index contributed by atoms with van der Waals surface area (Å²) in [5.74, 6) is -0.361. The molecule has 1 fully saturated rings. The number of amides is 2. The van der Waals surface area contributed by atoms with Crippen LogP contribution in [-0.4, -0.2) is 64.9 Å². The molecule has 0 bridgehead atoms. The first-order chi connectivity index (χ1) is 17.6. The minimum atomic E-state index is -3.94. The molecule has 1 aliphatic rings. The Morgan fingerprint density at radius 1 is 1.03 bits per heavy atom. The van der Waals surface area contributed by atoms with Gasteiger partial charge < -0.3 is 10.2 Å². The molecular formula is C27H33N5O4S. The van der Waals surface area contributed by atoms with Gasteiger partial charge in [-0.05, 0) is 34.7 Å². The van der Waals surface area contributed by atoms with Crippen molar-refractivity contribution in [2.45, 2.75) is 44.2 Å². The molecule has 0 radical (unpaired) electrons. The Kier molecular flexibility index (Phi) is 7.79. The molecule has 2 heterocycles. The normalized spacial score (nSPS) is 16.7. The highest BCUT2D eigenvalue weighted by molar-refractivity contribution is 7.89. The minimum absolute atomic E-state index is 0.00438. The predicted molar refractivity (Wildman–Crippen MR) is 141 cm³/mol. The highest BCUT2D eigenvalue weighted by Gasteiger charge is 2.40. The van der Waals surface area contributed by atoms with E-state index in [1.54, 1.807) is 35.1 Å². The van der Waals surface area contributed by atoms with E-state index in [1.165, 1.54) is 16.1 Å². The van der Waals surface area contributed by atoms with Gasteiger partial charge in [-0.25, -0.2) is 8.42 Å². The zero-order valence-corrected chi connectivity index (χ0v) is 22.4. The molecule has 10 heteroatoms. The van der Waals surface area contributed by atoms with E-state index in [0.29, 0.717) is 0 Å². The quantitative estimate of drug-likeness (QED) is 0.513. The zero-order valence-electron chi connectivity index (χ0n) is 21.6. The summed E-state index contributed by atoms with van der Waals surface area (Å²) < 4.78 is 30.0. The number of aromatic nitrogens is 2. The molecule has 1 aromatic heterocycles. The van der Waals surface area contributed by atoms with Crippen LogP contribution in [0.15, 0.2) is 65.8 Å². The number of nitrogens with one attached hydrogen (secondary N) is 1. The third kappa shape index (κ3) is 5.91. The van der Waals surface area contributed by atoms with E-state index in [9.17, 15) is 18.0 Å². The van der Waals surface area contributed by atoms with Crippen LogP contribution in [-0.2, 0) is 33.2 Å². The van der Waals surface area contributed by atoms with Crippen LogP contribution >= 0.6 is 0 Å². The van der Waals surface area contributed by atoms with Crippen molar-refractivity contribution in [3.05, 3.63) is 72.1 Å². The number of piperazine rings is 1. The Hall–Kier alpha value is -3.50. The molecule has 2 aromatic carbocycles. The second-order valence-electron chi connectivity index (χ2n) is 9.64. The highest BCUT2D eigenvalue weighted by atomic mass is 32.2. The van der Waals surface area contributed by atoms with Gasteiger partial charge in [0.05, 0.1) is 11.1 Å². The lowest BCUT2D eigenvalue weighted by atomic mass is 10.0. The minimum Gasteiger partial charge on any atom is -0.351 e. The maximum Gasteiger partial charge on any atom is 0.243 e. The Bertz CT molecular complexity index is 1360. The Labute approximate surface area is 218 Å². The highest BCUT2D eigenvalue weighted by Crippen LogP contribution is 2.24. The van der Waals surface area contributed by atoms with Gasteiger partial charge in [-0.15, -0.1) is 0 Å². The van der Waals surface area contributed by atoms with Crippen molar-refractivity contribution in [3.8, 4) is 11.1 Å². The first kappa shape index (κ1) is 26.6. The van der Waals surface area contributed by atoms with E-state index in [2.05, 4.69) is 10.4 Å². The second kappa shape index (κ2) is 10.9. The topological polar surface area (TPSA) is 105 Å². The molecular weight excluding hydrogens is 490 g/mol. The lowest BCUT2D eigenvalue weighted by Crippen LogP contribution is -2.61. The van der Waals surface area contributed by atoms with Crippen molar-refractivity contribution < 1.29 is 18.0 Å². The summed E-state index contributed by atoms with van der Waals surface area (Å²) in [6.07, 6.45) is 3.71. The van der Waals surface area contributed by atoms with Gasteiger partial charge in [0.1, 0.15) is 6.04 Å². The predicted octanol–water partition coefficient (Wildman–Crippen LogP) is 2.75. The summed E-state index contributed by atoms with van der Waals surface area (Å²) in [5.41, 5.74) is 3.91. The van der Waals surface area contributed by atoms with Gasteiger partial charge in [0.15, 0.2) is 0 Å². The van der Waals surface area contributed by atoms with Gasteiger partial charge in [-0.3, -0.25) is 14.3 Å². The van der Waals surface area contributed by atoms with Crippen LogP contribution in [0.5, 0.6) is 0 Å². The fourth-order valence-corrected chi connectivity index (χ4v) is 5.98. The molecule has 3 aromatic rings. The summed E-state index contributed by atoms with van der Waals surface area (Å²) in [5, 5.41) is 7.05. The molecule has 1 saturated heterocycles. The van der Waals surface area contributed by atoms with E-state index in [-0.39, 0.29) is 42.9 Å². The molecule has 1 N–H and O–H groups in total.